The maximum atomic E-state index is 13.2. The number of hydrogen-bond donors (Lipinski definition) is 1. The molecular formula is C12H16FN. The smallest absolute Gasteiger partial charge is 0.126 e. The van der Waals surface area contributed by atoms with Crippen LogP contribution in [0.4, 0.5) is 4.39 Å². The fourth-order valence-electron chi connectivity index (χ4n) is 1.48. The molecule has 0 unspecified atom stereocenters. The predicted molar refractivity (Wildman–Crippen MR) is 57.5 cm³/mol. The molecule has 2 N–H and O–H groups in total. The second kappa shape index (κ2) is 4.91. The van der Waals surface area contributed by atoms with E-state index in [0.717, 1.165) is 18.4 Å². The molecule has 1 atom stereocenters. The monoisotopic (exact) mass is 193 g/mol. The Labute approximate surface area is 84.4 Å². The molecule has 1 aromatic carbocycles. The van der Waals surface area contributed by atoms with Crippen LogP contribution in [0, 0.1) is 12.7 Å². The average molecular weight is 193 g/mol. The van der Waals surface area contributed by atoms with Gasteiger partial charge in [0.1, 0.15) is 5.82 Å². The van der Waals surface area contributed by atoms with Crippen molar-refractivity contribution in [2.75, 3.05) is 0 Å². The Morgan fingerprint density at radius 1 is 1.57 bits per heavy atom. The summed E-state index contributed by atoms with van der Waals surface area (Å²) in [5, 5.41) is 0. The van der Waals surface area contributed by atoms with Crippen LogP contribution in [0.2, 0.25) is 0 Å². The first kappa shape index (κ1) is 10.9. The third-order valence-electron chi connectivity index (χ3n) is 2.39. The molecule has 0 amide bonds. The normalized spacial score (nSPS) is 12.5. The highest BCUT2D eigenvalue weighted by Gasteiger charge is 2.10. The van der Waals surface area contributed by atoms with Crippen LogP contribution in [0.25, 0.3) is 0 Å². The summed E-state index contributed by atoms with van der Waals surface area (Å²) in [6.45, 7) is 5.40. The summed E-state index contributed by atoms with van der Waals surface area (Å²) in [7, 11) is 0. The molecule has 0 aliphatic rings. The predicted octanol–water partition coefficient (Wildman–Crippen LogP) is 3.10. The Morgan fingerprint density at radius 3 is 2.93 bits per heavy atom. The standard InChI is InChI=1S/C12H16FN/c1-3-4-8-12(14)10-6-5-7-11(13)9(10)2/h3,5-7,12H,1,4,8,14H2,2H3/t12-/m0/s1. The summed E-state index contributed by atoms with van der Waals surface area (Å²) >= 11 is 0. The van der Waals surface area contributed by atoms with E-state index in [1.165, 1.54) is 6.07 Å². The minimum Gasteiger partial charge on any atom is -0.324 e. The molecular weight excluding hydrogens is 177 g/mol. The van der Waals surface area contributed by atoms with E-state index >= 15 is 0 Å². The lowest BCUT2D eigenvalue weighted by atomic mass is 9.98. The summed E-state index contributed by atoms with van der Waals surface area (Å²) in [5.41, 5.74) is 7.49. The quantitative estimate of drug-likeness (QED) is 0.730. The first-order chi connectivity index (χ1) is 6.66. The zero-order valence-electron chi connectivity index (χ0n) is 8.46. The van der Waals surface area contributed by atoms with Crippen LogP contribution in [0.3, 0.4) is 0 Å². The van der Waals surface area contributed by atoms with E-state index in [9.17, 15) is 4.39 Å². The van der Waals surface area contributed by atoms with E-state index in [1.807, 2.05) is 12.1 Å². The summed E-state index contributed by atoms with van der Waals surface area (Å²) < 4.78 is 13.2. The van der Waals surface area contributed by atoms with Crippen LogP contribution in [0.15, 0.2) is 30.9 Å². The summed E-state index contributed by atoms with van der Waals surface area (Å²) in [4.78, 5) is 0. The number of allylic oxidation sites excluding steroid dienone is 1. The fraction of sp³-hybridized carbons (Fsp3) is 0.333. The maximum Gasteiger partial charge on any atom is 0.126 e. The summed E-state index contributed by atoms with van der Waals surface area (Å²) in [6, 6.07) is 4.94. The van der Waals surface area contributed by atoms with Gasteiger partial charge in [0.05, 0.1) is 0 Å². The summed E-state index contributed by atoms with van der Waals surface area (Å²) in [5.74, 6) is -0.184. The zero-order valence-corrected chi connectivity index (χ0v) is 8.46. The molecule has 0 aliphatic heterocycles. The molecule has 14 heavy (non-hydrogen) atoms. The molecule has 0 radical (unpaired) electrons. The second-order valence-corrected chi connectivity index (χ2v) is 3.43. The molecule has 0 fully saturated rings. The molecule has 1 aromatic rings. The lowest BCUT2D eigenvalue weighted by molar-refractivity contribution is 0.599. The van der Waals surface area contributed by atoms with Crippen molar-refractivity contribution in [3.8, 4) is 0 Å². The van der Waals surface area contributed by atoms with Crippen LogP contribution >= 0.6 is 0 Å². The minimum atomic E-state index is -0.184. The number of rotatable bonds is 4. The van der Waals surface area contributed by atoms with Gasteiger partial charge in [-0.1, -0.05) is 18.2 Å². The highest BCUT2D eigenvalue weighted by molar-refractivity contribution is 5.29. The molecule has 0 saturated heterocycles. The highest BCUT2D eigenvalue weighted by Crippen LogP contribution is 2.21. The second-order valence-electron chi connectivity index (χ2n) is 3.43. The van der Waals surface area contributed by atoms with E-state index in [-0.39, 0.29) is 11.9 Å². The first-order valence-corrected chi connectivity index (χ1v) is 4.78. The van der Waals surface area contributed by atoms with E-state index in [4.69, 9.17) is 5.73 Å². The molecule has 0 aliphatic carbocycles. The van der Waals surface area contributed by atoms with Gasteiger partial charge in [-0.05, 0) is 37.0 Å². The average Bonchev–Trinajstić information content (AvgIpc) is 2.18. The molecule has 0 heterocycles. The van der Waals surface area contributed by atoms with E-state index in [2.05, 4.69) is 6.58 Å². The van der Waals surface area contributed by atoms with Gasteiger partial charge in [-0.15, -0.1) is 6.58 Å². The summed E-state index contributed by atoms with van der Waals surface area (Å²) in [6.07, 6.45) is 3.50. The molecule has 0 saturated carbocycles. The van der Waals surface area contributed by atoms with Crippen LogP contribution in [0.5, 0.6) is 0 Å². The first-order valence-electron chi connectivity index (χ1n) is 4.78. The molecule has 2 heteroatoms. The van der Waals surface area contributed by atoms with Gasteiger partial charge in [0.2, 0.25) is 0 Å². The number of nitrogens with two attached hydrogens (primary N) is 1. The Kier molecular flexibility index (Phi) is 3.84. The van der Waals surface area contributed by atoms with Crippen molar-refractivity contribution < 1.29 is 4.39 Å². The Bertz CT molecular complexity index is 320. The topological polar surface area (TPSA) is 26.0 Å². The Morgan fingerprint density at radius 2 is 2.29 bits per heavy atom. The third kappa shape index (κ3) is 2.42. The lowest BCUT2D eigenvalue weighted by Crippen LogP contribution is -2.12. The largest absolute Gasteiger partial charge is 0.324 e. The Balaban J connectivity index is 2.83. The van der Waals surface area contributed by atoms with Gasteiger partial charge < -0.3 is 5.73 Å². The molecule has 1 rings (SSSR count). The maximum absolute atomic E-state index is 13.2. The van der Waals surface area contributed by atoms with Gasteiger partial charge >= 0.3 is 0 Å². The van der Waals surface area contributed by atoms with E-state index in [1.54, 1.807) is 13.0 Å². The van der Waals surface area contributed by atoms with Crippen molar-refractivity contribution in [2.45, 2.75) is 25.8 Å². The third-order valence-corrected chi connectivity index (χ3v) is 2.39. The minimum absolute atomic E-state index is 0.0938. The van der Waals surface area contributed by atoms with Crippen molar-refractivity contribution in [3.05, 3.63) is 47.8 Å². The van der Waals surface area contributed by atoms with Gasteiger partial charge in [0, 0.05) is 6.04 Å². The van der Waals surface area contributed by atoms with Crippen molar-refractivity contribution in [1.82, 2.24) is 0 Å². The van der Waals surface area contributed by atoms with Gasteiger partial charge in [-0.2, -0.15) is 0 Å². The van der Waals surface area contributed by atoms with Crippen molar-refractivity contribution >= 4 is 0 Å². The SMILES string of the molecule is C=CCC[C@H](N)c1cccc(F)c1C. The van der Waals surface area contributed by atoms with Crippen LogP contribution < -0.4 is 5.73 Å². The number of benzene rings is 1. The number of hydrogen-bond acceptors (Lipinski definition) is 1. The molecule has 0 bridgehead atoms. The van der Waals surface area contributed by atoms with Crippen molar-refractivity contribution in [3.63, 3.8) is 0 Å². The molecule has 0 aromatic heterocycles. The van der Waals surface area contributed by atoms with E-state index in [0.29, 0.717) is 5.56 Å². The molecule has 0 spiro atoms. The van der Waals surface area contributed by atoms with Gasteiger partial charge in [0.25, 0.3) is 0 Å². The van der Waals surface area contributed by atoms with Crippen LogP contribution in [0.1, 0.15) is 30.0 Å². The van der Waals surface area contributed by atoms with Crippen LogP contribution in [-0.4, -0.2) is 0 Å². The highest BCUT2D eigenvalue weighted by atomic mass is 19.1. The number of halogens is 1. The van der Waals surface area contributed by atoms with Crippen molar-refractivity contribution in [2.24, 2.45) is 5.73 Å². The molecule has 76 valence electrons. The lowest BCUT2D eigenvalue weighted by Gasteiger charge is -2.13. The van der Waals surface area contributed by atoms with Gasteiger partial charge in [-0.3, -0.25) is 0 Å². The Hall–Kier alpha value is -1.15. The van der Waals surface area contributed by atoms with Crippen molar-refractivity contribution in [1.29, 1.82) is 0 Å². The van der Waals surface area contributed by atoms with Crippen LogP contribution in [-0.2, 0) is 0 Å². The van der Waals surface area contributed by atoms with Gasteiger partial charge in [-0.25, -0.2) is 4.39 Å². The van der Waals surface area contributed by atoms with Gasteiger partial charge in [0.15, 0.2) is 0 Å². The molecule has 1 nitrogen and oxygen atoms in total. The van der Waals surface area contributed by atoms with E-state index < -0.39 is 0 Å². The zero-order chi connectivity index (χ0) is 10.6. The fourth-order valence-corrected chi connectivity index (χ4v) is 1.48.